The molecule has 0 unspecified atom stereocenters. The summed E-state index contributed by atoms with van der Waals surface area (Å²) in [7, 11) is 0. The zero-order valence-electron chi connectivity index (χ0n) is 9.48. The Morgan fingerprint density at radius 1 is 1.26 bits per heavy atom. The van der Waals surface area contributed by atoms with Gasteiger partial charge in [-0.25, -0.2) is 0 Å². The van der Waals surface area contributed by atoms with E-state index in [1.807, 2.05) is 0 Å². The number of carboxylic acid groups (broad SMARTS) is 1. The van der Waals surface area contributed by atoms with Crippen LogP contribution in [0.15, 0.2) is 24.3 Å². The van der Waals surface area contributed by atoms with E-state index in [1.165, 1.54) is 11.0 Å². The van der Waals surface area contributed by atoms with Crippen molar-refractivity contribution in [3.05, 3.63) is 39.9 Å². The third kappa shape index (κ3) is 1.68. The van der Waals surface area contributed by atoms with Crippen LogP contribution in [-0.2, 0) is 4.79 Å². The van der Waals surface area contributed by atoms with Crippen molar-refractivity contribution in [3.63, 3.8) is 0 Å². The van der Waals surface area contributed by atoms with Crippen LogP contribution in [0.4, 0.5) is 5.69 Å². The van der Waals surface area contributed by atoms with Crippen molar-refractivity contribution in [2.75, 3.05) is 11.4 Å². The first-order valence-corrected chi connectivity index (χ1v) is 6.20. The molecule has 1 aliphatic heterocycles. The third-order valence-electron chi connectivity index (χ3n) is 3.08. The molecule has 0 fully saturated rings. The Hall–Kier alpha value is -1.78. The first kappa shape index (κ1) is 12.3. The number of benzene rings is 2. The number of carboxylic acids is 1. The molecule has 2 aromatic carbocycles. The summed E-state index contributed by atoms with van der Waals surface area (Å²) in [6.45, 7) is -0.427. The number of hydrogen-bond acceptors (Lipinski definition) is 2. The summed E-state index contributed by atoms with van der Waals surface area (Å²) >= 11 is 12.2. The minimum atomic E-state index is -1.10. The highest BCUT2D eigenvalue weighted by Gasteiger charge is 2.33. The summed E-state index contributed by atoms with van der Waals surface area (Å²) in [4.78, 5) is 24.3. The number of amides is 1. The van der Waals surface area contributed by atoms with Crippen molar-refractivity contribution in [1.29, 1.82) is 0 Å². The molecule has 4 nitrogen and oxygen atoms in total. The van der Waals surface area contributed by atoms with Gasteiger partial charge in [-0.1, -0.05) is 35.3 Å². The molecule has 96 valence electrons. The molecule has 0 saturated heterocycles. The molecule has 0 aliphatic carbocycles. The molecule has 3 rings (SSSR count). The number of hydrogen-bond donors (Lipinski definition) is 1. The number of carbonyl (C=O) groups is 2. The van der Waals surface area contributed by atoms with Gasteiger partial charge >= 0.3 is 5.97 Å². The maximum absolute atomic E-state index is 12.2. The number of nitrogens with zero attached hydrogens (tertiary/aromatic N) is 1. The smallest absolute Gasteiger partial charge is 0.323 e. The maximum atomic E-state index is 12.2. The Bertz CT molecular complexity index is 742. The van der Waals surface area contributed by atoms with Gasteiger partial charge in [0.1, 0.15) is 6.54 Å². The standard InChI is InChI=1S/C13H7Cl2NO3/c14-8-4-9(15)12-11-6(8)2-1-3-7(11)13(19)16(12)5-10(17)18/h1-4H,5H2,(H,17,18). The largest absolute Gasteiger partial charge is 0.480 e. The highest BCUT2D eigenvalue weighted by molar-refractivity contribution is 6.44. The van der Waals surface area contributed by atoms with Crippen LogP contribution >= 0.6 is 23.2 Å². The second kappa shape index (κ2) is 4.11. The summed E-state index contributed by atoms with van der Waals surface area (Å²) in [5, 5.41) is 10.9. The highest BCUT2D eigenvalue weighted by Crippen LogP contribution is 2.44. The molecule has 1 N–H and O–H groups in total. The Morgan fingerprint density at radius 2 is 2.00 bits per heavy atom. The van der Waals surface area contributed by atoms with Gasteiger partial charge in [-0.3, -0.25) is 14.5 Å². The van der Waals surface area contributed by atoms with Crippen molar-refractivity contribution in [3.8, 4) is 0 Å². The number of rotatable bonds is 2. The molecular weight excluding hydrogens is 289 g/mol. The summed E-state index contributed by atoms with van der Waals surface area (Å²) < 4.78 is 0. The van der Waals surface area contributed by atoms with Crippen molar-refractivity contribution in [1.82, 2.24) is 0 Å². The van der Waals surface area contributed by atoms with Crippen LogP contribution in [0.1, 0.15) is 10.4 Å². The van der Waals surface area contributed by atoms with E-state index in [2.05, 4.69) is 0 Å². The van der Waals surface area contributed by atoms with E-state index in [9.17, 15) is 9.59 Å². The van der Waals surface area contributed by atoms with E-state index < -0.39 is 12.5 Å². The fourth-order valence-corrected chi connectivity index (χ4v) is 2.99. The predicted octanol–water partition coefficient (Wildman–Crippen LogP) is 3.19. The minimum Gasteiger partial charge on any atom is -0.480 e. The fourth-order valence-electron chi connectivity index (χ4n) is 2.36. The molecule has 1 amide bonds. The molecular formula is C13H7Cl2NO3. The zero-order chi connectivity index (χ0) is 13.7. The van der Waals surface area contributed by atoms with Crippen LogP contribution in [0.2, 0.25) is 10.0 Å². The van der Waals surface area contributed by atoms with Crippen LogP contribution in [0, 0.1) is 0 Å². The minimum absolute atomic E-state index is 0.275. The van der Waals surface area contributed by atoms with Gasteiger partial charge in [0.05, 0.1) is 15.7 Å². The lowest BCUT2D eigenvalue weighted by atomic mass is 10.1. The normalized spacial score (nSPS) is 13.4. The van der Waals surface area contributed by atoms with Crippen molar-refractivity contribution in [2.24, 2.45) is 0 Å². The van der Waals surface area contributed by atoms with E-state index in [4.69, 9.17) is 28.3 Å². The summed E-state index contributed by atoms with van der Waals surface area (Å²) in [5.74, 6) is -1.47. The SMILES string of the molecule is O=C(O)CN1C(=O)c2cccc3c(Cl)cc(Cl)c1c23. The Morgan fingerprint density at radius 3 is 2.68 bits per heavy atom. The average molecular weight is 296 g/mol. The van der Waals surface area contributed by atoms with E-state index in [1.54, 1.807) is 18.2 Å². The number of aliphatic carboxylic acids is 1. The van der Waals surface area contributed by atoms with Gasteiger partial charge in [-0.15, -0.1) is 0 Å². The molecule has 0 aromatic heterocycles. The quantitative estimate of drug-likeness (QED) is 0.926. The van der Waals surface area contributed by atoms with Crippen LogP contribution in [-0.4, -0.2) is 23.5 Å². The molecule has 0 spiro atoms. The molecule has 2 aromatic rings. The molecule has 1 heterocycles. The van der Waals surface area contributed by atoms with Crippen LogP contribution in [0.5, 0.6) is 0 Å². The summed E-state index contributed by atoms with van der Waals surface area (Å²) in [6, 6.07) is 6.66. The molecule has 0 atom stereocenters. The molecule has 19 heavy (non-hydrogen) atoms. The number of halogens is 2. The van der Waals surface area contributed by atoms with Gasteiger partial charge in [0, 0.05) is 16.3 Å². The van der Waals surface area contributed by atoms with Gasteiger partial charge < -0.3 is 5.11 Å². The second-order valence-electron chi connectivity index (χ2n) is 4.20. The topological polar surface area (TPSA) is 57.6 Å². The molecule has 6 heteroatoms. The van der Waals surface area contributed by atoms with E-state index in [-0.39, 0.29) is 10.9 Å². The van der Waals surface area contributed by atoms with Crippen LogP contribution < -0.4 is 4.90 Å². The van der Waals surface area contributed by atoms with Gasteiger partial charge in [0.25, 0.3) is 5.91 Å². The first-order valence-electron chi connectivity index (χ1n) is 5.45. The molecule has 0 bridgehead atoms. The Balaban J connectivity index is 2.37. The van der Waals surface area contributed by atoms with Gasteiger partial charge in [0.15, 0.2) is 0 Å². The van der Waals surface area contributed by atoms with E-state index >= 15 is 0 Å². The first-order chi connectivity index (χ1) is 9.00. The van der Waals surface area contributed by atoms with Gasteiger partial charge in [0.2, 0.25) is 0 Å². The van der Waals surface area contributed by atoms with Crippen LogP contribution in [0.3, 0.4) is 0 Å². The van der Waals surface area contributed by atoms with Crippen molar-refractivity contribution >= 4 is 51.5 Å². The average Bonchev–Trinajstić information content (AvgIpc) is 2.61. The highest BCUT2D eigenvalue weighted by atomic mass is 35.5. The van der Waals surface area contributed by atoms with Crippen LogP contribution in [0.25, 0.3) is 10.8 Å². The lowest BCUT2D eigenvalue weighted by molar-refractivity contribution is -0.135. The monoisotopic (exact) mass is 295 g/mol. The third-order valence-corrected chi connectivity index (χ3v) is 3.68. The van der Waals surface area contributed by atoms with Gasteiger partial charge in [-0.05, 0) is 12.1 Å². The summed E-state index contributed by atoms with van der Waals surface area (Å²) in [6.07, 6.45) is 0. The lowest BCUT2D eigenvalue weighted by Crippen LogP contribution is -2.32. The Labute approximate surface area is 118 Å². The number of anilines is 1. The van der Waals surface area contributed by atoms with Crippen molar-refractivity contribution in [2.45, 2.75) is 0 Å². The Kier molecular flexibility index (Phi) is 2.66. The predicted molar refractivity (Wildman–Crippen MR) is 73.3 cm³/mol. The summed E-state index contributed by atoms with van der Waals surface area (Å²) in [5.41, 5.74) is 0.849. The lowest BCUT2D eigenvalue weighted by Gasteiger charge is -2.16. The molecule has 0 saturated carbocycles. The zero-order valence-corrected chi connectivity index (χ0v) is 11.0. The van der Waals surface area contributed by atoms with E-state index in [0.717, 1.165) is 0 Å². The maximum Gasteiger partial charge on any atom is 0.323 e. The fraction of sp³-hybridized carbons (Fsp3) is 0.0769. The van der Waals surface area contributed by atoms with Gasteiger partial charge in [-0.2, -0.15) is 0 Å². The number of carbonyl (C=O) groups excluding carboxylic acids is 1. The molecule has 0 radical (unpaired) electrons. The van der Waals surface area contributed by atoms with E-state index in [0.29, 0.717) is 27.0 Å². The van der Waals surface area contributed by atoms with Crippen molar-refractivity contribution < 1.29 is 14.7 Å². The second-order valence-corrected chi connectivity index (χ2v) is 5.02. The molecule has 1 aliphatic rings.